The Kier molecular flexibility index (Phi) is 4.31. The lowest BCUT2D eigenvalue weighted by Gasteiger charge is -2.19. The Morgan fingerprint density at radius 2 is 1.80 bits per heavy atom. The van der Waals surface area contributed by atoms with Crippen molar-refractivity contribution in [2.75, 3.05) is 7.05 Å². The van der Waals surface area contributed by atoms with Crippen molar-refractivity contribution in [2.45, 2.75) is 25.9 Å². The van der Waals surface area contributed by atoms with Crippen molar-refractivity contribution in [2.24, 2.45) is 0 Å². The zero-order valence-electron chi connectivity index (χ0n) is 9.45. The van der Waals surface area contributed by atoms with Crippen LogP contribution in [0.4, 0.5) is 0 Å². The molecule has 0 aromatic heterocycles. The Morgan fingerprint density at radius 3 is 2.33 bits per heavy atom. The molecular formula is C12H18N2O. The van der Waals surface area contributed by atoms with E-state index in [9.17, 15) is 4.79 Å². The van der Waals surface area contributed by atoms with E-state index in [4.69, 9.17) is 0 Å². The number of benzene rings is 1. The first kappa shape index (κ1) is 11.7. The predicted octanol–water partition coefficient (Wildman–Crippen LogP) is 1.47. The summed E-state index contributed by atoms with van der Waals surface area (Å²) in [6.07, 6.45) is 0. The van der Waals surface area contributed by atoms with Crippen LogP contribution in [-0.2, 0) is 4.79 Å². The average Bonchev–Trinajstić information content (AvgIpc) is 2.29. The van der Waals surface area contributed by atoms with Crippen LogP contribution in [0.1, 0.15) is 25.5 Å². The van der Waals surface area contributed by atoms with Crippen LogP contribution in [-0.4, -0.2) is 19.0 Å². The summed E-state index contributed by atoms with van der Waals surface area (Å²) in [5.74, 6) is 0.0118. The molecule has 3 nitrogen and oxygen atoms in total. The number of rotatable bonds is 4. The van der Waals surface area contributed by atoms with Gasteiger partial charge < -0.3 is 5.32 Å². The van der Waals surface area contributed by atoms with Gasteiger partial charge >= 0.3 is 0 Å². The predicted molar refractivity (Wildman–Crippen MR) is 61.5 cm³/mol. The van der Waals surface area contributed by atoms with Crippen LogP contribution in [0.2, 0.25) is 0 Å². The third kappa shape index (κ3) is 3.36. The zero-order chi connectivity index (χ0) is 11.3. The Labute approximate surface area is 90.9 Å². The van der Waals surface area contributed by atoms with Crippen molar-refractivity contribution in [1.29, 1.82) is 0 Å². The maximum absolute atomic E-state index is 11.3. The van der Waals surface area contributed by atoms with Crippen molar-refractivity contribution >= 4 is 5.91 Å². The van der Waals surface area contributed by atoms with Crippen LogP contribution in [0, 0.1) is 0 Å². The first-order valence-electron chi connectivity index (χ1n) is 5.17. The van der Waals surface area contributed by atoms with Crippen molar-refractivity contribution in [3.8, 4) is 0 Å². The molecule has 1 unspecified atom stereocenters. The topological polar surface area (TPSA) is 41.1 Å². The maximum atomic E-state index is 11.3. The molecule has 1 aromatic rings. The van der Waals surface area contributed by atoms with Crippen LogP contribution in [0.5, 0.6) is 0 Å². The highest BCUT2D eigenvalue weighted by atomic mass is 16.2. The highest BCUT2D eigenvalue weighted by Crippen LogP contribution is 2.11. The molecule has 0 fully saturated rings. The quantitative estimate of drug-likeness (QED) is 0.783. The second-order valence-electron chi connectivity index (χ2n) is 3.63. The summed E-state index contributed by atoms with van der Waals surface area (Å²) in [4.78, 5) is 11.3. The molecular weight excluding hydrogens is 188 g/mol. The molecule has 0 saturated carbocycles. The van der Waals surface area contributed by atoms with E-state index < -0.39 is 0 Å². The minimum absolute atomic E-state index is 0.0118. The standard InChI is InChI=1S/C12H18N2O/c1-9(11-7-5-4-6-8-11)14-10(2)12(15)13-3/h4-10,14H,1-3H3,(H,13,15)/t9-,10?/m1/s1. The highest BCUT2D eigenvalue weighted by molar-refractivity contribution is 5.80. The van der Waals surface area contributed by atoms with Gasteiger partial charge in [0.1, 0.15) is 0 Å². The van der Waals surface area contributed by atoms with E-state index in [1.807, 2.05) is 37.3 Å². The minimum atomic E-state index is -0.176. The highest BCUT2D eigenvalue weighted by Gasteiger charge is 2.14. The molecule has 0 heterocycles. The van der Waals surface area contributed by atoms with E-state index in [2.05, 4.69) is 17.6 Å². The fourth-order valence-electron chi connectivity index (χ4n) is 1.51. The fraction of sp³-hybridized carbons (Fsp3) is 0.417. The van der Waals surface area contributed by atoms with Gasteiger partial charge in [-0.1, -0.05) is 30.3 Å². The number of hydrogen-bond donors (Lipinski definition) is 2. The molecule has 1 rings (SSSR count). The summed E-state index contributed by atoms with van der Waals surface area (Å²) >= 11 is 0. The average molecular weight is 206 g/mol. The van der Waals surface area contributed by atoms with Gasteiger partial charge in [0.2, 0.25) is 5.91 Å². The summed E-state index contributed by atoms with van der Waals surface area (Å²) in [6, 6.07) is 10.1. The molecule has 15 heavy (non-hydrogen) atoms. The van der Waals surface area contributed by atoms with Gasteiger partial charge in [-0.3, -0.25) is 10.1 Å². The zero-order valence-corrected chi connectivity index (χ0v) is 9.45. The molecule has 0 aliphatic rings. The molecule has 0 aliphatic carbocycles. The minimum Gasteiger partial charge on any atom is -0.358 e. The molecule has 3 heteroatoms. The first-order chi connectivity index (χ1) is 7.15. The van der Waals surface area contributed by atoms with Crippen LogP contribution >= 0.6 is 0 Å². The number of hydrogen-bond acceptors (Lipinski definition) is 2. The lowest BCUT2D eigenvalue weighted by atomic mass is 10.1. The van der Waals surface area contributed by atoms with Gasteiger partial charge in [0.05, 0.1) is 6.04 Å². The van der Waals surface area contributed by atoms with Crippen LogP contribution in [0.15, 0.2) is 30.3 Å². The van der Waals surface area contributed by atoms with Gasteiger partial charge in [-0.2, -0.15) is 0 Å². The van der Waals surface area contributed by atoms with Gasteiger partial charge in [0, 0.05) is 13.1 Å². The van der Waals surface area contributed by atoms with E-state index in [0.29, 0.717) is 0 Å². The molecule has 0 radical (unpaired) electrons. The number of carbonyl (C=O) groups excluding carboxylic acids is 1. The van der Waals surface area contributed by atoms with Gasteiger partial charge in [-0.05, 0) is 19.4 Å². The molecule has 0 bridgehead atoms. The maximum Gasteiger partial charge on any atom is 0.236 e. The summed E-state index contributed by atoms with van der Waals surface area (Å²) in [7, 11) is 1.65. The van der Waals surface area contributed by atoms with Crippen LogP contribution < -0.4 is 10.6 Å². The SMILES string of the molecule is CNC(=O)C(C)N[C@H](C)c1ccccc1. The van der Waals surface area contributed by atoms with Gasteiger partial charge in [-0.25, -0.2) is 0 Å². The smallest absolute Gasteiger partial charge is 0.236 e. The monoisotopic (exact) mass is 206 g/mol. The first-order valence-corrected chi connectivity index (χ1v) is 5.17. The number of likely N-dealkylation sites (N-methyl/N-ethyl adjacent to an activating group) is 1. The lowest BCUT2D eigenvalue weighted by molar-refractivity contribution is -0.122. The number of amides is 1. The molecule has 2 atom stereocenters. The molecule has 1 aromatic carbocycles. The molecule has 0 saturated heterocycles. The Balaban J connectivity index is 2.56. The van der Waals surface area contributed by atoms with Gasteiger partial charge in [-0.15, -0.1) is 0 Å². The largest absolute Gasteiger partial charge is 0.358 e. The van der Waals surface area contributed by atoms with E-state index in [0.717, 1.165) is 0 Å². The van der Waals surface area contributed by atoms with E-state index in [1.54, 1.807) is 7.05 Å². The third-order valence-electron chi connectivity index (χ3n) is 2.44. The van der Waals surface area contributed by atoms with Crippen molar-refractivity contribution in [3.63, 3.8) is 0 Å². The fourth-order valence-corrected chi connectivity index (χ4v) is 1.51. The normalized spacial score (nSPS) is 14.3. The Bertz CT molecular complexity index is 311. The Hall–Kier alpha value is -1.35. The summed E-state index contributed by atoms with van der Waals surface area (Å²) < 4.78 is 0. The van der Waals surface area contributed by atoms with Crippen molar-refractivity contribution in [3.05, 3.63) is 35.9 Å². The van der Waals surface area contributed by atoms with E-state index >= 15 is 0 Å². The Morgan fingerprint density at radius 1 is 1.20 bits per heavy atom. The van der Waals surface area contributed by atoms with Gasteiger partial charge in [0.15, 0.2) is 0 Å². The molecule has 2 N–H and O–H groups in total. The molecule has 0 aliphatic heterocycles. The van der Waals surface area contributed by atoms with Gasteiger partial charge in [0.25, 0.3) is 0 Å². The van der Waals surface area contributed by atoms with Crippen LogP contribution in [0.3, 0.4) is 0 Å². The van der Waals surface area contributed by atoms with E-state index in [-0.39, 0.29) is 18.0 Å². The second kappa shape index (κ2) is 5.51. The molecule has 82 valence electrons. The summed E-state index contributed by atoms with van der Waals surface area (Å²) in [6.45, 7) is 3.91. The van der Waals surface area contributed by atoms with Crippen LogP contribution in [0.25, 0.3) is 0 Å². The lowest BCUT2D eigenvalue weighted by Crippen LogP contribution is -2.41. The summed E-state index contributed by atoms with van der Waals surface area (Å²) in [5, 5.41) is 5.85. The van der Waals surface area contributed by atoms with Crippen molar-refractivity contribution < 1.29 is 4.79 Å². The third-order valence-corrected chi connectivity index (χ3v) is 2.44. The number of nitrogens with one attached hydrogen (secondary N) is 2. The molecule has 0 spiro atoms. The molecule has 1 amide bonds. The van der Waals surface area contributed by atoms with Crippen molar-refractivity contribution in [1.82, 2.24) is 10.6 Å². The second-order valence-corrected chi connectivity index (χ2v) is 3.63. The number of carbonyl (C=O) groups is 1. The summed E-state index contributed by atoms with van der Waals surface area (Å²) in [5.41, 5.74) is 1.19. The van der Waals surface area contributed by atoms with E-state index in [1.165, 1.54) is 5.56 Å².